The molecule has 154 valence electrons. The molecule has 2 N–H and O–H groups in total. The van der Waals surface area contributed by atoms with Gasteiger partial charge in [0.15, 0.2) is 17.5 Å². The van der Waals surface area contributed by atoms with Gasteiger partial charge in [0.2, 0.25) is 5.91 Å². The van der Waals surface area contributed by atoms with Crippen LogP contribution >= 0.6 is 27.5 Å². The second kappa shape index (κ2) is 8.29. The van der Waals surface area contributed by atoms with Crippen molar-refractivity contribution in [1.82, 2.24) is 19.7 Å². The molecule has 1 aromatic carbocycles. The zero-order chi connectivity index (χ0) is 21.4. The van der Waals surface area contributed by atoms with Crippen molar-refractivity contribution in [2.75, 3.05) is 5.32 Å². The van der Waals surface area contributed by atoms with Gasteiger partial charge in [-0.25, -0.2) is 14.6 Å². The summed E-state index contributed by atoms with van der Waals surface area (Å²) >= 11 is 9.90. The number of carbonyl (C=O) groups excluding carboxylic acids is 1. The van der Waals surface area contributed by atoms with E-state index in [1.54, 1.807) is 6.07 Å². The highest BCUT2D eigenvalue weighted by molar-refractivity contribution is 9.10. The molecule has 2 aromatic heterocycles. The van der Waals surface area contributed by atoms with E-state index in [0.29, 0.717) is 39.5 Å². The fourth-order valence-electron chi connectivity index (χ4n) is 3.22. The Labute approximate surface area is 186 Å². The van der Waals surface area contributed by atoms with Gasteiger partial charge in [0.25, 0.3) is 0 Å². The quantitative estimate of drug-likeness (QED) is 0.460. The maximum atomic E-state index is 12.0. The molecule has 0 saturated heterocycles. The third-order valence-electron chi connectivity index (χ3n) is 4.85. The van der Waals surface area contributed by atoms with E-state index in [1.807, 2.05) is 18.2 Å². The van der Waals surface area contributed by atoms with Gasteiger partial charge < -0.3 is 10.4 Å². The maximum absolute atomic E-state index is 12.0. The number of hydrogen-bond acceptors (Lipinski definition) is 6. The van der Waals surface area contributed by atoms with E-state index in [-0.39, 0.29) is 5.91 Å². The van der Waals surface area contributed by atoms with Gasteiger partial charge in [0, 0.05) is 18.4 Å². The zero-order valence-corrected chi connectivity index (χ0v) is 18.5. The lowest BCUT2D eigenvalue weighted by atomic mass is 10.0. The van der Waals surface area contributed by atoms with Crippen LogP contribution in [0.15, 0.2) is 47.6 Å². The second-order valence-corrected chi connectivity index (χ2v) is 8.24. The van der Waals surface area contributed by atoms with Gasteiger partial charge in [0.1, 0.15) is 5.02 Å². The van der Waals surface area contributed by atoms with Crippen molar-refractivity contribution in [2.24, 2.45) is 0 Å². The Morgan fingerprint density at radius 2 is 2.13 bits per heavy atom. The molecule has 0 bridgehead atoms. The molecule has 4 rings (SSSR count). The predicted octanol–water partition coefficient (Wildman–Crippen LogP) is 5.26. The summed E-state index contributed by atoms with van der Waals surface area (Å²) in [6.45, 7) is 5.12. The number of aromatic nitrogens is 4. The molecule has 0 spiro atoms. The second-order valence-electron chi connectivity index (χ2n) is 7.04. The van der Waals surface area contributed by atoms with E-state index >= 15 is 0 Å². The van der Waals surface area contributed by atoms with Crippen molar-refractivity contribution in [1.29, 1.82) is 0 Å². The Morgan fingerprint density at radius 1 is 1.40 bits per heavy atom. The summed E-state index contributed by atoms with van der Waals surface area (Å²) in [7, 11) is 0. The van der Waals surface area contributed by atoms with Crippen molar-refractivity contribution in [3.8, 4) is 11.4 Å². The normalized spacial score (nSPS) is 14.4. The minimum Gasteiger partial charge on any atom is -0.384 e. The van der Waals surface area contributed by atoms with Crippen molar-refractivity contribution in [3.63, 3.8) is 0 Å². The van der Waals surface area contributed by atoms with Crippen LogP contribution < -0.4 is 5.32 Å². The Kier molecular flexibility index (Phi) is 5.73. The van der Waals surface area contributed by atoms with Crippen LogP contribution in [0.5, 0.6) is 0 Å². The predicted molar refractivity (Wildman–Crippen MR) is 119 cm³/mol. The van der Waals surface area contributed by atoms with Gasteiger partial charge in [0.05, 0.1) is 22.5 Å². The topological polar surface area (TPSA) is 92.9 Å². The fourth-order valence-corrected chi connectivity index (χ4v) is 4.03. The van der Waals surface area contributed by atoms with E-state index < -0.39 is 6.10 Å². The van der Waals surface area contributed by atoms with Crippen LogP contribution in [0, 0.1) is 0 Å². The molecule has 3 aromatic rings. The van der Waals surface area contributed by atoms with Gasteiger partial charge >= 0.3 is 0 Å². The van der Waals surface area contributed by atoms with Crippen molar-refractivity contribution in [2.45, 2.75) is 31.8 Å². The molecule has 7 nitrogen and oxygen atoms in total. The molecule has 1 fully saturated rings. The van der Waals surface area contributed by atoms with E-state index in [0.717, 1.165) is 23.0 Å². The van der Waals surface area contributed by atoms with Gasteiger partial charge in [-0.05, 0) is 34.3 Å². The van der Waals surface area contributed by atoms with E-state index in [1.165, 1.54) is 23.9 Å². The van der Waals surface area contributed by atoms with Gasteiger partial charge in [-0.1, -0.05) is 41.9 Å². The summed E-state index contributed by atoms with van der Waals surface area (Å²) in [5, 5.41) is 18.1. The lowest BCUT2D eigenvalue weighted by Crippen LogP contribution is -2.11. The first-order valence-electron chi connectivity index (χ1n) is 9.39. The summed E-state index contributed by atoms with van der Waals surface area (Å²) in [6, 6.07) is 7.28. The minimum absolute atomic E-state index is 0.160. The Bertz CT molecular complexity index is 1140. The number of anilines is 2. The molecule has 9 heteroatoms. The number of carbonyl (C=O) groups is 1. The van der Waals surface area contributed by atoms with Crippen LogP contribution in [-0.2, 0) is 0 Å². The standard InChI is InChI=1S/C21H19BrClN5O2/c1-3-16(30)13-6-4-5-7-14(13)19-24-10-15(23)20(25-19)26-21-17(22)18(12-8-9-12)28(27-21)11(2)29/h3-7,10,12,16,30H,1,8-9H2,2H3,(H,24,25,26,27). The first kappa shape index (κ1) is 20.7. The van der Waals surface area contributed by atoms with Crippen molar-refractivity contribution < 1.29 is 9.90 Å². The SMILES string of the molecule is C=CC(O)c1ccccc1-c1ncc(Cl)c(Nc2nn(C(C)=O)c(C3CC3)c2Br)n1. The number of halogens is 2. The average Bonchev–Trinajstić information content (AvgIpc) is 3.53. The molecule has 1 saturated carbocycles. The van der Waals surface area contributed by atoms with E-state index in [4.69, 9.17) is 11.6 Å². The first-order valence-corrected chi connectivity index (χ1v) is 10.6. The third kappa shape index (κ3) is 3.90. The molecular formula is C21H19BrClN5O2. The molecule has 1 unspecified atom stereocenters. The highest BCUT2D eigenvalue weighted by Gasteiger charge is 2.33. The van der Waals surface area contributed by atoms with E-state index in [9.17, 15) is 9.90 Å². The number of rotatable bonds is 6. The highest BCUT2D eigenvalue weighted by Crippen LogP contribution is 2.46. The highest BCUT2D eigenvalue weighted by atomic mass is 79.9. The van der Waals surface area contributed by atoms with Crippen molar-refractivity contribution >= 4 is 45.1 Å². The molecule has 1 aliphatic carbocycles. The number of nitrogens with one attached hydrogen (secondary N) is 1. The number of aliphatic hydroxyl groups is 1. The molecule has 1 aliphatic rings. The van der Waals surface area contributed by atoms with Crippen LogP contribution in [0.4, 0.5) is 11.6 Å². The van der Waals surface area contributed by atoms with Crippen LogP contribution in [-0.4, -0.2) is 30.8 Å². The van der Waals surface area contributed by atoms with Crippen LogP contribution in [0.1, 0.15) is 47.8 Å². The largest absolute Gasteiger partial charge is 0.384 e. The van der Waals surface area contributed by atoms with Crippen LogP contribution in [0.2, 0.25) is 5.02 Å². The lowest BCUT2D eigenvalue weighted by molar-refractivity contribution is 0.0917. The first-order chi connectivity index (χ1) is 14.4. The molecule has 2 heterocycles. The van der Waals surface area contributed by atoms with Gasteiger partial charge in [-0.15, -0.1) is 11.7 Å². The van der Waals surface area contributed by atoms with Crippen LogP contribution in [0.3, 0.4) is 0 Å². The number of nitrogens with zero attached hydrogens (tertiary/aromatic N) is 4. The molecule has 0 radical (unpaired) electrons. The Balaban J connectivity index is 1.74. The molecule has 0 aliphatic heterocycles. The molecule has 1 atom stereocenters. The monoisotopic (exact) mass is 487 g/mol. The smallest absolute Gasteiger partial charge is 0.244 e. The summed E-state index contributed by atoms with van der Waals surface area (Å²) in [5.41, 5.74) is 2.16. The van der Waals surface area contributed by atoms with Crippen molar-refractivity contribution in [3.05, 3.63) is 63.9 Å². The fraction of sp³-hybridized carbons (Fsp3) is 0.238. The maximum Gasteiger partial charge on any atom is 0.244 e. The summed E-state index contributed by atoms with van der Waals surface area (Å²) < 4.78 is 2.13. The molecule has 0 amide bonds. The summed E-state index contributed by atoms with van der Waals surface area (Å²) in [4.78, 5) is 20.9. The van der Waals surface area contributed by atoms with Gasteiger partial charge in [-0.3, -0.25) is 4.79 Å². The zero-order valence-electron chi connectivity index (χ0n) is 16.1. The number of benzene rings is 1. The Hall–Kier alpha value is -2.55. The van der Waals surface area contributed by atoms with E-state index in [2.05, 4.69) is 42.9 Å². The molecular weight excluding hydrogens is 470 g/mol. The van der Waals surface area contributed by atoms with Crippen LogP contribution in [0.25, 0.3) is 11.4 Å². The lowest BCUT2D eigenvalue weighted by Gasteiger charge is -2.13. The summed E-state index contributed by atoms with van der Waals surface area (Å²) in [5.74, 6) is 1.35. The van der Waals surface area contributed by atoms with Gasteiger partial charge in [-0.2, -0.15) is 0 Å². The minimum atomic E-state index is -0.849. The number of hydrogen-bond donors (Lipinski definition) is 2. The third-order valence-corrected chi connectivity index (χ3v) is 5.91. The molecule has 30 heavy (non-hydrogen) atoms. The Morgan fingerprint density at radius 3 is 2.80 bits per heavy atom. The average molecular weight is 489 g/mol. The number of aliphatic hydroxyl groups excluding tert-OH is 1. The summed E-state index contributed by atoms with van der Waals surface area (Å²) in [6.07, 6.45) is 4.13.